The number of carbonyl (C=O) groups is 2. The fraction of sp³-hybridized carbons (Fsp3) is 0.600. The molecule has 3 rings (SSSR count). The molecule has 0 radical (unpaired) electrons. The van der Waals surface area contributed by atoms with Gasteiger partial charge in [0.25, 0.3) is 0 Å². The molecule has 28 heavy (non-hydrogen) atoms. The highest BCUT2D eigenvalue weighted by atomic mass is 32.2. The van der Waals surface area contributed by atoms with Crippen LogP contribution in [0, 0.1) is 0 Å². The molecule has 2 saturated heterocycles. The minimum Gasteiger partial charge on any atom is -0.411 e. The third-order valence-corrected chi connectivity index (χ3v) is 11.3. The molecule has 2 fully saturated rings. The van der Waals surface area contributed by atoms with Crippen LogP contribution in [0.5, 0.6) is 0 Å². The van der Waals surface area contributed by atoms with Gasteiger partial charge in [0.05, 0.1) is 13.0 Å². The predicted molar refractivity (Wildman–Crippen MR) is 110 cm³/mol. The van der Waals surface area contributed by atoms with Gasteiger partial charge in [-0.25, -0.2) is 0 Å². The number of hydrogen-bond acceptors (Lipinski definition) is 6. The first-order valence-corrected chi connectivity index (χ1v) is 13.3. The molecule has 0 saturated carbocycles. The third kappa shape index (κ3) is 4.36. The smallest absolute Gasteiger partial charge is 0.229 e. The van der Waals surface area contributed by atoms with Crippen molar-refractivity contribution >= 4 is 31.1 Å². The van der Waals surface area contributed by atoms with Gasteiger partial charge in [-0.15, -0.1) is 0 Å². The van der Waals surface area contributed by atoms with Gasteiger partial charge in [-0.2, -0.15) is 0 Å². The van der Waals surface area contributed by atoms with Crippen LogP contribution in [-0.2, 0) is 18.8 Å². The van der Waals surface area contributed by atoms with Crippen molar-refractivity contribution in [2.45, 2.75) is 74.7 Å². The number of ether oxygens (including phenoxy) is 1. The minimum atomic E-state index is -2.09. The van der Waals surface area contributed by atoms with E-state index in [1.54, 1.807) is 0 Å². The lowest BCUT2D eigenvalue weighted by atomic mass is 9.97. The highest BCUT2D eigenvalue weighted by molar-refractivity contribution is 8.13. The molecule has 8 heteroatoms. The number of aliphatic hydroxyl groups is 1. The first-order valence-electron chi connectivity index (χ1n) is 9.54. The molecule has 1 amide bonds. The number of nitrogens with zero attached hydrogens (tertiary/aromatic N) is 1. The average molecular weight is 424 g/mol. The van der Waals surface area contributed by atoms with Gasteiger partial charge in [-0.3, -0.25) is 9.59 Å². The summed E-state index contributed by atoms with van der Waals surface area (Å²) in [6.07, 6.45) is -0.371. The average Bonchev–Trinajstić information content (AvgIpc) is 2.59. The molecule has 1 aromatic carbocycles. The van der Waals surface area contributed by atoms with Crippen LogP contribution in [0.1, 0.15) is 33.6 Å². The Hall–Kier alpha value is -1.19. The van der Waals surface area contributed by atoms with Gasteiger partial charge in [0.1, 0.15) is 12.3 Å². The number of amides is 1. The maximum atomic E-state index is 12.9. The summed E-state index contributed by atoms with van der Waals surface area (Å²) >= 11 is 1.09. The van der Waals surface area contributed by atoms with Crippen molar-refractivity contribution in [1.29, 1.82) is 0 Å². The first kappa shape index (κ1) is 21.5. The van der Waals surface area contributed by atoms with Crippen molar-refractivity contribution in [2.24, 2.45) is 0 Å². The fourth-order valence-corrected chi connectivity index (χ4v) is 4.93. The number of hydrogen-bond donors (Lipinski definition) is 1. The van der Waals surface area contributed by atoms with Crippen molar-refractivity contribution in [3.05, 3.63) is 30.3 Å². The Bertz CT molecular complexity index is 751. The molecule has 2 aliphatic rings. The zero-order chi connectivity index (χ0) is 20.7. The Morgan fingerprint density at radius 1 is 1.36 bits per heavy atom. The molecule has 3 atom stereocenters. The maximum absolute atomic E-state index is 12.9. The van der Waals surface area contributed by atoms with E-state index in [0.29, 0.717) is 0 Å². The monoisotopic (exact) mass is 423 g/mol. The molecule has 0 bridgehead atoms. The summed E-state index contributed by atoms with van der Waals surface area (Å²) in [5.41, 5.74) is 0. The van der Waals surface area contributed by atoms with E-state index in [0.717, 1.165) is 16.7 Å². The molecule has 1 N–H and O–H groups in total. The topological polar surface area (TPSA) is 76.1 Å². The van der Waals surface area contributed by atoms with Crippen LogP contribution in [0.25, 0.3) is 0 Å². The number of thioether (sulfide) groups is 1. The Labute approximate surface area is 171 Å². The van der Waals surface area contributed by atoms with Crippen LogP contribution in [0.3, 0.4) is 0 Å². The molecule has 2 aliphatic heterocycles. The molecule has 0 aliphatic carbocycles. The van der Waals surface area contributed by atoms with E-state index in [1.807, 2.05) is 30.3 Å². The van der Waals surface area contributed by atoms with Gasteiger partial charge in [-0.05, 0) is 42.0 Å². The Kier molecular flexibility index (Phi) is 5.82. The lowest BCUT2D eigenvalue weighted by Crippen LogP contribution is -2.69. The van der Waals surface area contributed by atoms with Crippen LogP contribution >= 0.6 is 11.8 Å². The number of β-lactam (4-membered cyclic amide) rings is 1. The third-order valence-electron chi connectivity index (χ3n) is 5.85. The van der Waals surface area contributed by atoms with Gasteiger partial charge in [0.15, 0.2) is 14.1 Å². The summed E-state index contributed by atoms with van der Waals surface area (Å²) in [4.78, 5) is 27.3. The van der Waals surface area contributed by atoms with E-state index >= 15 is 0 Å². The van der Waals surface area contributed by atoms with Crippen LogP contribution in [0.15, 0.2) is 35.2 Å². The number of benzene rings is 1. The van der Waals surface area contributed by atoms with Crippen LogP contribution in [0.2, 0.25) is 18.1 Å². The van der Waals surface area contributed by atoms with Crippen LogP contribution < -0.4 is 0 Å². The zero-order valence-electron chi connectivity index (χ0n) is 17.1. The molecule has 1 aromatic rings. The molecular weight excluding hydrogens is 394 g/mol. The second-order valence-corrected chi connectivity index (χ2v) is 14.9. The van der Waals surface area contributed by atoms with E-state index in [9.17, 15) is 14.7 Å². The van der Waals surface area contributed by atoms with E-state index in [2.05, 4.69) is 33.9 Å². The highest BCUT2D eigenvalue weighted by Gasteiger charge is 2.55. The number of carbonyl (C=O) groups excluding carboxylic acids is 2. The van der Waals surface area contributed by atoms with Gasteiger partial charge >= 0.3 is 0 Å². The normalized spacial score (nSPS) is 27.9. The van der Waals surface area contributed by atoms with Crippen LogP contribution in [0.4, 0.5) is 0 Å². The fourth-order valence-electron chi connectivity index (χ4n) is 3.05. The Morgan fingerprint density at radius 2 is 2.00 bits per heavy atom. The standard InChI is InChI=1S/C20H29NO5SSi/c1-19(2,3)28(4,5)25-13-20(24)12-15(21-16(22)11-17(21)26-20)18(23)27-14-9-7-6-8-10-14/h6-10,15,17,24H,11-13H2,1-5H3/t15-,17+,20-/m0/s1. The lowest BCUT2D eigenvalue weighted by molar-refractivity contribution is -0.321. The SMILES string of the molecule is CC(C)(C)[Si](C)(C)OC[C@]1(O)C[C@@H](C(=O)Sc2ccccc2)N2C(=O)C[C@H]2O1. The Balaban J connectivity index is 1.73. The summed E-state index contributed by atoms with van der Waals surface area (Å²) < 4.78 is 11.9. The molecule has 0 aromatic heterocycles. The van der Waals surface area contributed by atoms with E-state index in [4.69, 9.17) is 9.16 Å². The maximum Gasteiger partial charge on any atom is 0.229 e. The molecule has 0 spiro atoms. The predicted octanol–water partition coefficient (Wildman–Crippen LogP) is 3.36. The van der Waals surface area contributed by atoms with Crippen molar-refractivity contribution in [3.8, 4) is 0 Å². The summed E-state index contributed by atoms with van der Waals surface area (Å²) in [5.74, 6) is -1.70. The van der Waals surface area contributed by atoms with Gasteiger partial charge in [0.2, 0.25) is 11.0 Å². The van der Waals surface area contributed by atoms with Crippen molar-refractivity contribution < 1.29 is 23.9 Å². The second kappa shape index (κ2) is 7.57. The minimum absolute atomic E-state index is 0.00179. The summed E-state index contributed by atoms with van der Waals surface area (Å²) in [7, 11) is -2.09. The van der Waals surface area contributed by atoms with Gasteiger partial charge in [-0.1, -0.05) is 39.0 Å². The molecule has 6 nitrogen and oxygen atoms in total. The quantitative estimate of drug-likeness (QED) is 0.445. The van der Waals surface area contributed by atoms with Crippen molar-refractivity contribution in [1.82, 2.24) is 4.90 Å². The number of fused-ring (bicyclic) bond motifs is 1. The lowest BCUT2D eigenvalue weighted by Gasteiger charge is -2.53. The van der Waals surface area contributed by atoms with E-state index < -0.39 is 26.4 Å². The summed E-state index contributed by atoms with van der Waals surface area (Å²) in [5, 5.41) is 10.9. The van der Waals surface area contributed by atoms with E-state index in [1.165, 1.54) is 4.90 Å². The summed E-state index contributed by atoms with van der Waals surface area (Å²) in [6, 6.07) is 8.59. The van der Waals surface area contributed by atoms with Gasteiger partial charge in [0, 0.05) is 11.3 Å². The van der Waals surface area contributed by atoms with Crippen LogP contribution in [-0.4, -0.2) is 54.0 Å². The summed E-state index contributed by atoms with van der Waals surface area (Å²) in [6.45, 7) is 10.6. The highest BCUT2D eigenvalue weighted by Crippen LogP contribution is 2.41. The van der Waals surface area contributed by atoms with Gasteiger partial charge < -0.3 is 19.2 Å². The largest absolute Gasteiger partial charge is 0.411 e. The second-order valence-electron chi connectivity index (χ2n) is 9.03. The molecule has 0 unspecified atom stereocenters. The molecular formula is C20H29NO5SSi. The number of rotatable bonds is 5. The van der Waals surface area contributed by atoms with E-state index in [-0.39, 0.29) is 35.5 Å². The molecule has 154 valence electrons. The Morgan fingerprint density at radius 3 is 2.57 bits per heavy atom. The first-order chi connectivity index (χ1) is 12.9. The van der Waals surface area contributed by atoms with Crippen molar-refractivity contribution in [3.63, 3.8) is 0 Å². The molecule has 2 heterocycles. The van der Waals surface area contributed by atoms with Crippen molar-refractivity contribution in [2.75, 3.05) is 6.61 Å². The zero-order valence-corrected chi connectivity index (χ0v) is 18.9.